The molecule has 0 aliphatic rings. The molecule has 0 spiro atoms. The highest BCUT2D eigenvalue weighted by Crippen LogP contribution is 2.38. The van der Waals surface area contributed by atoms with E-state index in [1.807, 2.05) is 11.5 Å². The minimum Gasteiger partial charge on any atom is -0.468 e. The molecule has 0 saturated carbocycles. The molecule has 0 atom stereocenters. The van der Waals surface area contributed by atoms with Gasteiger partial charge in [-0.2, -0.15) is 5.10 Å². The van der Waals surface area contributed by atoms with Gasteiger partial charge in [-0.1, -0.05) is 18.2 Å². The molecule has 8 heteroatoms. The fraction of sp³-hybridized carbons (Fsp3) is 0.286. The van der Waals surface area contributed by atoms with Crippen LogP contribution in [0.1, 0.15) is 19.5 Å². The molecule has 0 amide bonds. The lowest BCUT2D eigenvalue weighted by Gasteiger charge is -2.19. The van der Waals surface area contributed by atoms with Crippen molar-refractivity contribution in [3.05, 3.63) is 40.9 Å². The molecule has 0 saturated heterocycles. The summed E-state index contributed by atoms with van der Waals surface area (Å²) >= 11 is 0. The fourth-order valence-corrected chi connectivity index (χ4v) is 2.13. The SMILES string of the molecule is COC(=O)C(C)(C)c1nn(-c2ccccc2)c(N=O)c1NO. The predicted octanol–water partition coefficient (Wildman–Crippen LogP) is 2.52. The number of anilines is 1. The Morgan fingerprint density at radius 3 is 2.50 bits per heavy atom. The van der Waals surface area contributed by atoms with Crippen LogP contribution in [0.4, 0.5) is 11.5 Å². The predicted molar refractivity (Wildman–Crippen MR) is 79.5 cm³/mol. The maximum Gasteiger partial charge on any atom is 0.317 e. The molecule has 1 aromatic carbocycles. The molecule has 8 nitrogen and oxygen atoms in total. The van der Waals surface area contributed by atoms with Crippen LogP contribution in [-0.2, 0) is 14.9 Å². The first-order chi connectivity index (χ1) is 10.5. The number of carbonyl (C=O) groups is 1. The fourth-order valence-electron chi connectivity index (χ4n) is 2.13. The number of nitrogens with one attached hydrogen (secondary N) is 1. The zero-order valence-electron chi connectivity index (χ0n) is 12.4. The first-order valence-electron chi connectivity index (χ1n) is 6.48. The quantitative estimate of drug-likeness (QED) is 0.499. The normalized spacial score (nSPS) is 11.1. The van der Waals surface area contributed by atoms with Crippen molar-refractivity contribution in [1.29, 1.82) is 0 Å². The van der Waals surface area contributed by atoms with Gasteiger partial charge in [-0.05, 0) is 31.2 Å². The lowest BCUT2D eigenvalue weighted by Crippen LogP contribution is -2.31. The number of ether oxygens (including phenoxy) is 1. The van der Waals surface area contributed by atoms with Crippen LogP contribution in [0.15, 0.2) is 35.5 Å². The highest BCUT2D eigenvalue weighted by molar-refractivity contribution is 5.85. The number of benzene rings is 1. The Balaban J connectivity index is 2.70. The molecule has 0 unspecified atom stereocenters. The Bertz CT molecular complexity index is 694. The number of methoxy groups -OCH3 is 1. The third kappa shape index (κ3) is 2.44. The smallest absolute Gasteiger partial charge is 0.317 e. The van der Waals surface area contributed by atoms with Crippen molar-refractivity contribution < 1.29 is 14.7 Å². The molecule has 0 bridgehead atoms. The molecule has 116 valence electrons. The second-order valence-corrected chi connectivity index (χ2v) is 5.11. The van der Waals surface area contributed by atoms with Gasteiger partial charge >= 0.3 is 5.97 Å². The number of hydrogen-bond donors (Lipinski definition) is 2. The van der Waals surface area contributed by atoms with Gasteiger partial charge in [0.2, 0.25) is 5.82 Å². The molecule has 2 rings (SSSR count). The number of carbonyl (C=O) groups excluding carboxylic acids is 1. The van der Waals surface area contributed by atoms with Crippen molar-refractivity contribution in [3.8, 4) is 5.69 Å². The summed E-state index contributed by atoms with van der Waals surface area (Å²) in [6, 6.07) is 8.78. The second-order valence-electron chi connectivity index (χ2n) is 5.11. The molecule has 0 aliphatic heterocycles. The maximum absolute atomic E-state index is 12.0. The average Bonchev–Trinajstić information content (AvgIpc) is 2.93. The van der Waals surface area contributed by atoms with E-state index in [2.05, 4.69) is 10.3 Å². The summed E-state index contributed by atoms with van der Waals surface area (Å²) in [6.45, 7) is 3.15. The van der Waals surface area contributed by atoms with Crippen LogP contribution in [-0.4, -0.2) is 28.1 Å². The van der Waals surface area contributed by atoms with E-state index in [9.17, 15) is 14.9 Å². The van der Waals surface area contributed by atoms with Gasteiger partial charge in [0, 0.05) is 0 Å². The van der Waals surface area contributed by atoms with E-state index in [-0.39, 0.29) is 17.2 Å². The van der Waals surface area contributed by atoms with Gasteiger partial charge in [0.25, 0.3) is 0 Å². The van der Waals surface area contributed by atoms with Crippen LogP contribution in [0.25, 0.3) is 5.69 Å². The summed E-state index contributed by atoms with van der Waals surface area (Å²) in [5, 5.41) is 16.5. The minimum absolute atomic E-state index is 0.0331. The van der Waals surface area contributed by atoms with Gasteiger partial charge in [-0.15, -0.1) is 4.91 Å². The Kier molecular flexibility index (Phi) is 4.22. The molecule has 2 aromatic rings. The highest BCUT2D eigenvalue weighted by Gasteiger charge is 2.38. The van der Waals surface area contributed by atoms with Gasteiger partial charge in [-0.25, -0.2) is 4.68 Å². The van der Waals surface area contributed by atoms with Crippen molar-refractivity contribution in [2.75, 3.05) is 12.6 Å². The third-order valence-corrected chi connectivity index (χ3v) is 3.35. The van der Waals surface area contributed by atoms with Crippen LogP contribution in [0, 0.1) is 4.91 Å². The molecule has 2 N–H and O–H groups in total. The van der Waals surface area contributed by atoms with E-state index in [0.717, 1.165) is 0 Å². The van der Waals surface area contributed by atoms with E-state index in [4.69, 9.17) is 4.74 Å². The number of aromatic nitrogens is 2. The number of nitroso groups, excluding NO2 is 1. The Labute approximate surface area is 126 Å². The first kappa shape index (κ1) is 15.6. The van der Waals surface area contributed by atoms with Crippen molar-refractivity contribution >= 4 is 17.5 Å². The Morgan fingerprint density at radius 1 is 1.36 bits per heavy atom. The number of hydrogen-bond acceptors (Lipinski definition) is 7. The monoisotopic (exact) mass is 304 g/mol. The minimum atomic E-state index is -1.18. The number of para-hydroxylation sites is 1. The lowest BCUT2D eigenvalue weighted by atomic mass is 9.88. The summed E-state index contributed by atoms with van der Waals surface area (Å²) in [6.07, 6.45) is 0. The molecular formula is C14H16N4O4. The summed E-state index contributed by atoms with van der Waals surface area (Å²) in [5.41, 5.74) is 1.41. The van der Waals surface area contributed by atoms with Gasteiger partial charge < -0.3 is 4.74 Å². The molecule has 0 aliphatic carbocycles. The van der Waals surface area contributed by atoms with E-state index >= 15 is 0 Å². The lowest BCUT2D eigenvalue weighted by molar-refractivity contribution is -0.146. The topological polar surface area (TPSA) is 106 Å². The zero-order chi connectivity index (χ0) is 16.3. The summed E-state index contributed by atoms with van der Waals surface area (Å²) < 4.78 is 6.01. The zero-order valence-corrected chi connectivity index (χ0v) is 12.4. The van der Waals surface area contributed by atoms with Crippen LogP contribution in [0.3, 0.4) is 0 Å². The highest BCUT2D eigenvalue weighted by atomic mass is 16.5. The number of nitrogens with zero attached hydrogens (tertiary/aromatic N) is 3. The van der Waals surface area contributed by atoms with Crippen LogP contribution in [0.2, 0.25) is 0 Å². The molecule has 1 aromatic heterocycles. The maximum atomic E-state index is 12.0. The van der Waals surface area contributed by atoms with Crippen molar-refractivity contribution in [2.24, 2.45) is 5.18 Å². The van der Waals surface area contributed by atoms with Crippen molar-refractivity contribution in [3.63, 3.8) is 0 Å². The average molecular weight is 304 g/mol. The largest absolute Gasteiger partial charge is 0.468 e. The van der Waals surface area contributed by atoms with E-state index in [1.165, 1.54) is 11.8 Å². The van der Waals surface area contributed by atoms with Crippen LogP contribution < -0.4 is 5.48 Å². The second kappa shape index (κ2) is 5.94. The summed E-state index contributed by atoms with van der Waals surface area (Å²) in [7, 11) is 1.25. The molecule has 1 heterocycles. The van der Waals surface area contributed by atoms with E-state index in [1.54, 1.807) is 38.1 Å². The molecule has 0 fully saturated rings. The standard InChI is InChI=1S/C14H16N4O4/c1-14(2,13(19)22-3)11-10(16-20)12(17-21)18(15-11)9-7-5-4-6-8-9/h4-8,16,20H,1-3H3. The Hall–Kier alpha value is -2.74. The van der Waals surface area contributed by atoms with Gasteiger partial charge in [0.1, 0.15) is 16.8 Å². The summed E-state index contributed by atoms with van der Waals surface area (Å²) in [4.78, 5) is 23.1. The van der Waals surface area contributed by atoms with Crippen LogP contribution in [0.5, 0.6) is 0 Å². The molecule has 22 heavy (non-hydrogen) atoms. The number of esters is 1. The third-order valence-electron chi connectivity index (χ3n) is 3.35. The van der Waals surface area contributed by atoms with Gasteiger partial charge in [0.15, 0.2) is 0 Å². The first-order valence-corrected chi connectivity index (χ1v) is 6.48. The van der Waals surface area contributed by atoms with Crippen molar-refractivity contribution in [2.45, 2.75) is 19.3 Å². The van der Waals surface area contributed by atoms with Crippen LogP contribution >= 0.6 is 0 Å². The Morgan fingerprint density at radius 2 is 2.00 bits per heavy atom. The molecular weight excluding hydrogens is 288 g/mol. The van der Waals surface area contributed by atoms with Crippen molar-refractivity contribution in [1.82, 2.24) is 9.78 Å². The van der Waals surface area contributed by atoms with E-state index in [0.29, 0.717) is 5.69 Å². The van der Waals surface area contributed by atoms with Gasteiger partial charge in [0.05, 0.1) is 12.8 Å². The summed E-state index contributed by atoms with van der Waals surface area (Å²) in [5.74, 6) is -0.695. The van der Waals surface area contributed by atoms with Gasteiger partial charge in [-0.3, -0.25) is 15.5 Å². The number of rotatable bonds is 5. The van der Waals surface area contributed by atoms with E-state index < -0.39 is 11.4 Å². The molecule has 0 radical (unpaired) electrons.